The van der Waals surface area contributed by atoms with Crippen molar-refractivity contribution in [2.24, 2.45) is 11.8 Å². The van der Waals surface area contributed by atoms with Crippen LogP contribution >= 0.6 is 0 Å². The molecule has 4 heteroatoms. The Kier molecular flexibility index (Phi) is 5.12. The molecule has 0 unspecified atom stereocenters. The van der Waals surface area contributed by atoms with Crippen LogP contribution in [0.1, 0.15) is 32.9 Å². The second kappa shape index (κ2) is 6.84. The fourth-order valence-corrected chi connectivity index (χ4v) is 2.75. The Morgan fingerprint density at radius 3 is 2.90 bits per heavy atom. The Labute approximate surface area is 121 Å². The first-order chi connectivity index (χ1) is 9.58. The van der Waals surface area contributed by atoms with Gasteiger partial charge < -0.3 is 10.2 Å². The Hall–Kier alpha value is -1.42. The van der Waals surface area contributed by atoms with Crippen LogP contribution in [0.4, 0.5) is 0 Å². The van der Waals surface area contributed by atoms with Gasteiger partial charge in [0, 0.05) is 37.8 Å². The molecule has 0 saturated carbocycles. The number of aromatic nitrogens is 1. The standard InChI is InChI=1S/C16H25N3O/c1-12(2)16(20)19-9-7-15(13(3)11-19)18-10-14-6-4-5-8-17-14/h4-6,8,12-13,15,18H,7,9-11H2,1-3H3/t13-,15+/m0/s1. The molecular formula is C16H25N3O. The average molecular weight is 275 g/mol. The van der Waals surface area contributed by atoms with Gasteiger partial charge in [-0.15, -0.1) is 0 Å². The third-order valence-electron chi connectivity index (χ3n) is 3.98. The first kappa shape index (κ1) is 15.0. The zero-order valence-corrected chi connectivity index (χ0v) is 12.7. The van der Waals surface area contributed by atoms with Gasteiger partial charge in [0.2, 0.25) is 5.91 Å². The summed E-state index contributed by atoms with van der Waals surface area (Å²) in [6.45, 7) is 8.68. The molecule has 0 aromatic carbocycles. The summed E-state index contributed by atoms with van der Waals surface area (Å²) < 4.78 is 0. The summed E-state index contributed by atoms with van der Waals surface area (Å²) in [7, 11) is 0. The van der Waals surface area contributed by atoms with Gasteiger partial charge in [-0.25, -0.2) is 0 Å². The molecule has 0 aliphatic carbocycles. The molecule has 20 heavy (non-hydrogen) atoms. The van der Waals surface area contributed by atoms with Gasteiger partial charge >= 0.3 is 0 Å². The lowest BCUT2D eigenvalue weighted by atomic mass is 9.93. The highest BCUT2D eigenvalue weighted by Gasteiger charge is 2.29. The highest BCUT2D eigenvalue weighted by Crippen LogP contribution is 2.19. The van der Waals surface area contributed by atoms with Crippen molar-refractivity contribution in [1.29, 1.82) is 0 Å². The molecule has 1 N–H and O–H groups in total. The van der Waals surface area contributed by atoms with Crippen LogP contribution in [0.2, 0.25) is 0 Å². The average Bonchev–Trinajstić information content (AvgIpc) is 2.46. The molecule has 0 radical (unpaired) electrons. The summed E-state index contributed by atoms with van der Waals surface area (Å²) in [5, 5.41) is 3.58. The van der Waals surface area contributed by atoms with E-state index in [1.54, 1.807) is 0 Å². The van der Waals surface area contributed by atoms with Crippen molar-refractivity contribution >= 4 is 5.91 Å². The van der Waals surface area contributed by atoms with Gasteiger partial charge in [0.1, 0.15) is 0 Å². The van der Waals surface area contributed by atoms with Crippen molar-refractivity contribution in [3.05, 3.63) is 30.1 Å². The van der Waals surface area contributed by atoms with Crippen molar-refractivity contribution in [3.63, 3.8) is 0 Å². The molecule has 0 spiro atoms. The molecule has 1 amide bonds. The number of pyridine rings is 1. The summed E-state index contributed by atoms with van der Waals surface area (Å²) in [4.78, 5) is 18.4. The summed E-state index contributed by atoms with van der Waals surface area (Å²) in [6, 6.07) is 6.45. The van der Waals surface area contributed by atoms with E-state index < -0.39 is 0 Å². The predicted molar refractivity (Wildman–Crippen MR) is 80.1 cm³/mol. The fraction of sp³-hybridized carbons (Fsp3) is 0.625. The fourth-order valence-electron chi connectivity index (χ4n) is 2.75. The minimum atomic E-state index is 0.0974. The molecule has 1 saturated heterocycles. The van der Waals surface area contributed by atoms with Crippen molar-refractivity contribution in [1.82, 2.24) is 15.2 Å². The van der Waals surface area contributed by atoms with Crippen LogP contribution in [-0.2, 0) is 11.3 Å². The zero-order chi connectivity index (χ0) is 14.5. The van der Waals surface area contributed by atoms with Gasteiger partial charge in [-0.1, -0.05) is 26.8 Å². The van der Waals surface area contributed by atoms with Gasteiger partial charge in [0.25, 0.3) is 0 Å². The lowest BCUT2D eigenvalue weighted by Gasteiger charge is -2.38. The van der Waals surface area contributed by atoms with Gasteiger partial charge in [-0.2, -0.15) is 0 Å². The second-order valence-electron chi connectivity index (χ2n) is 6.01. The van der Waals surface area contributed by atoms with E-state index in [-0.39, 0.29) is 11.8 Å². The predicted octanol–water partition coefficient (Wildman–Crippen LogP) is 2.06. The first-order valence-electron chi connectivity index (χ1n) is 7.50. The van der Waals surface area contributed by atoms with Crippen LogP contribution in [0, 0.1) is 11.8 Å². The summed E-state index contributed by atoms with van der Waals surface area (Å²) in [5.74, 6) is 0.857. The quantitative estimate of drug-likeness (QED) is 0.915. The van der Waals surface area contributed by atoms with Crippen molar-refractivity contribution in [3.8, 4) is 0 Å². The van der Waals surface area contributed by atoms with Crippen LogP contribution in [0.3, 0.4) is 0 Å². The van der Waals surface area contributed by atoms with E-state index >= 15 is 0 Å². The third kappa shape index (κ3) is 3.79. The number of amides is 1. The molecule has 2 heterocycles. The van der Waals surface area contributed by atoms with E-state index in [1.807, 2.05) is 43.1 Å². The largest absolute Gasteiger partial charge is 0.342 e. The lowest BCUT2D eigenvalue weighted by molar-refractivity contribution is -0.136. The Morgan fingerprint density at radius 2 is 2.30 bits per heavy atom. The smallest absolute Gasteiger partial charge is 0.225 e. The maximum atomic E-state index is 12.0. The Bertz CT molecular complexity index is 433. The summed E-state index contributed by atoms with van der Waals surface area (Å²) in [6.07, 6.45) is 2.84. The van der Waals surface area contributed by atoms with Crippen molar-refractivity contribution in [2.45, 2.75) is 39.8 Å². The third-order valence-corrected chi connectivity index (χ3v) is 3.98. The Morgan fingerprint density at radius 1 is 1.50 bits per heavy atom. The van der Waals surface area contributed by atoms with Gasteiger partial charge in [-0.05, 0) is 24.5 Å². The van der Waals surface area contributed by atoms with E-state index in [2.05, 4.69) is 17.2 Å². The number of hydrogen-bond donors (Lipinski definition) is 1. The topological polar surface area (TPSA) is 45.2 Å². The number of hydrogen-bond acceptors (Lipinski definition) is 3. The van der Waals surface area contributed by atoms with Gasteiger partial charge in [0.15, 0.2) is 0 Å². The maximum Gasteiger partial charge on any atom is 0.225 e. The highest BCUT2D eigenvalue weighted by molar-refractivity contribution is 5.78. The maximum absolute atomic E-state index is 12.0. The number of nitrogens with zero attached hydrogens (tertiary/aromatic N) is 2. The molecule has 1 aliphatic rings. The van der Waals surface area contributed by atoms with Gasteiger partial charge in [0.05, 0.1) is 5.69 Å². The zero-order valence-electron chi connectivity index (χ0n) is 12.7. The monoisotopic (exact) mass is 275 g/mol. The van der Waals surface area contributed by atoms with Crippen LogP contribution in [-0.4, -0.2) is 34.9 Å². The minimum absolute atomic E-state index is 0.0974. The number of carbonyl (C=O) groups excluding carboxylic acids is 1. The van der Waals surface area contributed by atoms with E-state index in [0.717, 1.165) is 31.7 Å². The lowest BCUT2D eigenvalue weighted by Crippen LogP contribution is -2.50. The number of nitrogens with one attached hydrogen (secondary N) is 1. The molecule has 110 valence electrons. The van der Waals surface area contributed by atoms with Crippen LogP contribution in [0.25, 0.3) is 0 Å². The van der Waals surface area contributed by atoms with E-state index in [9.17, 15) is 4.79 Å². The summed E-state index contributed by atoms with van der Waals surface area (Å²) >= 11 is 0. The second-order valence-corrected chi connectivity index (χ2v) is 6.01. The van der Waals surface area contributed by atoms with E-state index in [4.69, 9.17) is 0 Å². The number of rotatable bonds is 4. The van der Waals surface area contributed by atoms with Crippen LogP contribution in [0.5, 0.6) is 0 Å². The molecular weight excluding hydrogens is 250 g/mol. The van der Waals surface area contributed by atoms with Crippen LogP contribution < -0.4 is 5.32 Å². The first-order valence-corrected chi connectivity index (χ1v) is 7.50. The van der Waals surface area contributed by atoms with Gasteiger partial charge in [-0.3, -0.25) is 9.78 Å². The highest BCUT2D eigenvalue weighted by atomic mass is 16.2. The van der Waals surface area contributed by atoms with E-state index in [1.165, 1.54) is 0 Å². The molecule has 1 aromatic rings. The molecule has 0 bridgehead atoms. The molecule has 1 fully saturated rings. The Balaban J connectivity index is 1.83. The number of piperidine rings is 1. The minimum Gasteiger partial charge on any atom is -0.342 e. The van der Waals surface area contributed by atoms with Crippen molar-refractivity contribution in [2.75, 3.05) is 13.1 Å². The number of likely N-dealkylation sites (tertiary alicyclic amines) is 1. The van der Waals surface area contributed by atoms with Crippen molar-refractivity contribution < 1.29 is 4.79 Å². The summed E-state index contributed by atoms with van der Waals surface area (Å²) in [5.41, 5.74) is 1.07. The molecule has 2 atom stereocenters. The molecule has 4 nitrogen and oxygen atoms in total. The molecule has 2 rings (SSSR count). The SMILES string of the molecule is CC(C)C(=O)N1CC[C@@H](NCc2ccccn2)[C@@H](C)C1. The van der Waals surface area contributed by atoms with Crippen LogP contribution in [0.15, 0.2) is 24.4 Å². The molecule has 1 aliphatic heterocycles. The molecule has 1 aromatic heterocycles. The van der Waals surface area contributed by atoms with E-state index in [0.29, 0.717) is 12.0 Å². The number of carbonyl (C=O) groups is 1. The normalized spacial score (nSPS) is 23.1.